The van der Waals surface area contributed by atoms with Crippen LogP contribution in [0.25, 0.3) is 0 Å². The Balaban J connectivity index is 2.65. The molecule has 5 heteroatoms. The Hall–Kier alpha value is -0.650. The zero-order valence-corrected chi connectivity index (χ0v) is 13.8. The Morgan fingerprint density at radius 3 is 2.65 bits per heavy atom. The van der Waals surface area contributed by atoms with Crippen molar-refractivity contribution in [3.05, 3.63) is 0 Å². The fraction of sp³-hybridized carbons (Fsp3) is 0.933. The lowest BCUT2D eigenvalue weighted by molar-refractivity contribution is -0.124. The Kier molecular flexibility index (Phi) is 6.43. The van der Waals surface area contributed by atoms with Crippen LogP contribution in [0.15, 0.2) is 0 Å². The highest BCUT2D eigenvalue weighted by molar-refractivity contribution is 5.84. The van der Waals surface area contributed by atoms with Gasteiger partial charge in [0.1, 0.15) is 0 Å². The summed E-state index contributed by atoms with van der Waals surface area (Å²) in [5.74, 6) is -0.250. The molecule has 3 atom stereocenters. The molecule has 0 saturated carbocycles. The maximum atomic E-state index is 11.8. The van der Waals surface area contributed by atoms with Crippen molar-refractivity contribution in [2.24, 2.45) is 5.73 Å². The predicted octanol–water partition coefficient (Wildman–Crippen LogP) is 0.645. The minimum absolute atomic E-state index is 0.250. The van der Waals surface area contributed by atoms with Crippen LogP contribution in [-0.4, -0.2) is 66.6 Å². The lowest BCUT2D eigenvalue weighted by Gasteiger charge is -2.44. The molecule has 1 aliphatic rings. The number of nitrogens with two attached hydrogens (primary N) is 1. The average Bonchev–Trinajstić information content (AvgIpc) is 2.35. The van der Waals surface area contributed by atoms with E-state index < -0.39 is 5.54 Å². The molecule has 0 aromatic rings. The molecule has 118 valence electrons. The molecule has 1 aliphatic heterocycles. The molecule has 5 nitrogen and oxygen atoms in total. The number of carbonyl (C=O) groups excluding carboxylic acids is 1. The number of nitrogens with zero attached hydrogens (tertiary/aromatic N) is 2. The lowest BCUT2D eigenvalue weighted by atomic mass is 9.91. The Bertz CT molecular complexity index is 323. The van der Waals surface area contributed by atoms with Crippen LogP contribution in [0.5, 0.6) is 0 Å². The van der Waals surface area contributed by atoms with Gasteiger partial charge >= 0.3 is 0 Å². The first-order valence-corrected chi connectivity index (χ1v) is 7.79. The molecule has 1 amide bonds. The third-order valence-electron chi connectivity index (χ3n) is 4.46. The quantitative estimate of drug-likeness (QED) is 0.720. The van der Waals surface area contributed by atoms with E-state index in [1.807, 2.05) is 6.92 Å². The highest BCUT2D eigenvalue weighted by Gasteiger charge is 2.35. The maximum absolute atomic E-state index is 11.8. The maximum Gasteiger partial charge on any atom is 0.237 e. The molecule has 0 spiro atoms. The summed E-state index contributed by atoms with van der Waals surface area (Å²) in [5, 5.41) is 3.33. The van der Waals surface area contributed by atoms with Crippen LogP contribution < -0.4 is 11.1 Å². The number of piperazine rings is 1. The Morgan fingerprint density at radius 1 is 1.50 bits per heavy atom. The summed E-state index contributed by atoms with van der Waals surface area (Å²) in [6.07, 6.45) is 1.76. The van der Waals surface area contributed by atoms with Gasteiger partial charge in [-0.2, -0.15) is 0 Å². The van der Waals surface area contributed by atoms with Crippen LogP contribution >= 0.6 is 0 Å². The van der Waals surface area contributed by atoms with Crippen molar-refractivity contribution in [2.75, 3.05) is 33.2 Å². The van der Waals surface area contributed by atoms with Gasteiger partial charge in [-0.05, 0) is 47.2 Å². The van der Waals surface area contributed by atoms with E-state index in [0.29, 0.717) is 12.1 Å². The third kappa shape index (κ3) is 4.43. The van der Waals surface area contributed by atoms with E-state index in [1.54, 1.807) is 0 Å². The Labute approximate surface area is 123 Å². The number of carbonyl (C=O) groups is 1. The van der Waals surface area contributed by atoms with Crippen LogP contribution in [-0.2, 0) is 4.79 Å². The molecule has 1 fully saturated rings. The number of hydrogen-bond acceptors (Lipinski definition) is 4. The zero-order valence-electron chi connectivity index (χ0n) is 13.8. The van der Waals surface area contributed by atoms with Gasteiger partial charge in [0.2, 0.25) is 5.91 Å². The van der Waals surface area contributed by atoms with Crippen molar-refractivity contribution in [3.63, 3.8) is 0 Å². The predicted molar refractivity (Wildman–Crippen MR) is 83.6 cm³/mol. The molecule has 0 radical (unpaired) electrons. The minimum atomic E-state index is -0.613. The molecule has 20 heavy (non-hydrogen) atoms. The summed E-state index contributed by atoms with van der Waals surface area (Å²) in [6, 6.07) is 0.868. The SMILES string of the molecule is CCCNC(C)(CC(C)N1CCN(C)CC1C)C(N)=O. The monoisotopic (exact) mass is 284 g/mol. The van der Waals surface area contributed by atoms with Crippen molar-refractivity contribution in [1.82, 2.24) is 15.1 Å². The van der Waals surface area contributed by atoms with E-state index in [4.69, 9.17) is 5.73 Å². The van der Waals surface area contributed by atoms with E-state index in [-0.39, 0.29) is 5.91 Å². The molecule has 3 N–H and O–H groups in total. The second-order valence-corrected chi connectivity index (χ2v) is 6.53. The second-order valence-electron chi connectivity index (χ2n) is 6.53. The molecule has 1 saturated heterocycles. The van der Waals surface area contributed by atoms with Crippen LogP contribution in [0.4, 0.5) is 0 Å². The van der Waals surface area contributed by atoms with E-state index in [0.717, 1.165) is 39.0 Å². The summed E-state index contributed by atoms with van der Waals surface area (Å²) < 4.78 is 0. The van der Waals surface area contributed by atoms with Crippen molar-refractivity contribution in [1.29, 1.82) is 0 Å². The number of rotatable bonds is 7. The normalized spacial score (nSPS) is 26.1. The van der Waals surface area contributed by atoms with E-state index in [9.17, 15) is 4.79 Å². The molecule has 1 rings (SSSR count). The van der Waals surface area contributed by atoms with Crippen molar-refractivity contribution in [2.45, 2.75) is 58.2 Å². The third-order valence-corrected chi connectivity index (χ3v) is 4.46. The molecular weight excluding hydrogens is 252 g/mol. The van der Waals surface area contributed by atoms with Crippen LogP contribution in [0.2, 0.25) is 0 Å². The molecule has 0 bridgehead atoms. The lowest BCUT2D eigenvalue weighted by Crippen LogP contribution is -2.59. The first kappa shape index (κ1) is 17.4. The first-order chi connectivity index (χ1) is 9.30. The van der Waals surface area contributed by atoms with Gasteiger partial charge in [0.25, 0.3) is 0 Å². The van der Waals surface area contributed by atoms with Crippen LogP contribution in [0, 0.1) is 0 Å². The summed E-state index contributed by atoms with van der Waals surface area (Å²) in [7, 11) is 2.16. The number of amides is 1. The first-order valence-electron chi connectivity index (χ1n) is 7.79. The van der Waals surface area contributed by atoms with Gasteiger partial charge in [-0.25, -0.2) is 0 Å². The molecule has 0 aromatic carbocycles. The molecule has 3 unspecified atom stereocenters. The number of primary amides is 1. The summed E-state index contributed by atoms with van der Waals surface area (Å²) in [6.45, 7) is 12.5. The van der Waals surface area contributed by atoms with Gasteiger partial charge in [0, 0.05) is 31.7 Å². The van der Waals surface area contributed by atoms with Gasteiger partial charge in [-0.3, -0.25) is 9.69 Å². The van der Waals surface area contributed by atoms with Crippen molar-refractivity contribution < 1.29 is 4.79 Å². The smallest absolute Gasteiger partial charge is 0.237 e. The standard InChI is InChI=1S/C15H32N4O/c1-6-7-17-15(4,14(16)20)10-12(2)19-9-8-18(5)11-13(19)3/h12-13,17H,6-11H2,1-5H3,(H2,16,20). The van der Waals surface area contributed by atoms with Gasteiger partial charge in [0.05, 0.1) is 5.54 Å². The summed E-state index contributed by atoms with van der Waals surface area (Å²) >= 11 is 0. The van der Waals surface area contributed by atoms with Crippen LogP contribution in [0.3, 0.4) is 0 Å². The van der Waals surface area contributed by atoms with E-state index in [2.05, 4.69) is 42.9 Å². The topological polar surface area (TPSA) is 61.6 Å². The highest BCUT2D eigenvalue weighted by atomic mass is 16.1. The fourth-order valence-corrected chi connectivity index (χ4v) is 3.18. The van der Waals surface area contributed by atoms with Gasteiger partial charge in [0.15, 0.2) is 0 Å². The summed E-state index contributed by atoms with van der Waals surface area (Å²) in [4.78, 5) is 16.7. The molecule has 0 aromatic heterocycles. The largest absolute Gasteiger partial charge is 0.368 e. The number of likely N-dealkylation sites (N-methyl/N-ethyl adjacent to an activating group) is 1. The average molecular weight is 284 g/mol. The number of nitrogens with one attached hydrogen (secondary N) is 1. The fourth-order valence-electron chi connectivity index (χ4n) is 3.18. The van der Waals surface area contributed by atoms with Gasteiger partial charge < -0.3 is 16.0 Å². The van der Waals surface area contributed by atoms with Crippen LogP contribution in [0.1, 0.15) is 40.5 Å². The van der Waals surface area contributed by atoms with Gasteiger partial charge in [-0.1, -0.05) is 6.92 Å². The zero-order chi connectivity index (χ0) is 15.3. The van der Waals surface area contributed by atoms with Crippen molar-refractivity contribution >= 4 is 5.91 Å². The van der Waals surface area contributed by atoms with E-state index >= 15 is 0 Å². The van der Waals surface area contributed by atoms with Gasteiger partial charge in [-0.15, -0.1) is 0 Å². The molecule has 1 heterocycles. The van der Waals surface area contributed by atoms with E-state index in [1.165, 1.54) is 0 Å². The Morgan fingerprint density at radius 2 is 2.15 bits per heavy atom. The minimum Gasteiger partial charge on any atom is -0.368 e. The summed E-state index contributed by atoms with van der Waals surface area (Å²) in [5.41, 5.74) is 5.01. The molecular formula is C15H32N4O. The van der Waals surface area contributed by atoms with Crippen molar-refractivity contribution in [3.8, 4) is 0 Å². The highest BCUT2D eigenvalue weighted by Crippen LogP contribution is 2.20. The number of hydrogen-bond donors (Lipinski definition) is 2. The molecule has 0 aliphatic carbocycles. The second kappa shape index (κ2) is 7.38.